The number of ether oxygens (including phenoxy) is 5. The smallest absolute Gasteiger partial charge is 0.203 e. The molecule has 0 aromatic heterocycles. The second-order valence-electron chi connectivity index (χ2n) is 6.73. The molecule has 0 spiro atoms. The number of hydrogen-bond acceptors (Lipinski definition) is 6. The maximum atomic E-state index is 5.50. The van der Waals surface area contributed by atoms with Gasteiger partial charge in [0.25, 0.3) is 0 Å². The van der Waals surface area contributed by atoms with E-state index in [1.807, 2.05) is 12.1 Å². The SMILES string of the molecule is COc1cc2c(cc1OC)[C@H](CCc1cc(OC)c(OC)c(OC)c1)NCC2. The van der Waals surface area contributed by atoms with E-state index in [9.17, 15) is 0 Å². The molecule has 1 atom stereocenters. The summed E-state index contributed by atoms with van der Waals surface area (Å²) in [4.78, 5) is 0. The molecule has 1 heterocycles. The Balaban J connectivity index is 1.83. The monoisotopic (exact) mass is 387 g/mol. The number of nitrogens with one attached hydrogen (secondary N) is 1. The third-order valence-electron chi connectivity index (χ3n) is 5.25. The van der Waals surface area contributed by atoms with Gasteiger partial charge in [-0.3, -0.25) is 0 Å². The molecule has 28 heavy (non-hydrogen) atoms. The Morgan fingerprint density at radius 1 is 0.786 bits per heavy atom. The van der Waals surface area contributed by atoms with Crippen LogP contribution in [0.1, 0.15) is 29.2 Å². The largest absolute Gasteiger partial charge is 0.493 e. The lowest BCUT2D eigenvalue weighted by Crippen LogP contribution is -2.30. The number of aryl methyl sites for hydroxylation is 1. The molecule has 1 aliphatic heterocycles. The number of methoxy groups -OCH3 is 5. The van der Waals surface area contributed by atoms with Crippen LogP contribution in [0.25, 0.3) is 0 Å². The van der Waals surface area contributed by atoms with Crippen molar-refractivity contribution >= 4 is 0 Å². The fourth-order valence-electron chi connectivity index (χ4n) is 3.82. The summed E-state index contributed by atoms with van der Waals surface area (Å²) in [5, 5.41) is 3.63. The number of rotatable bonds is 8. The zero-order valence-electron chi connectivity index (χ0n) is 17.3. The Kier molecular flexibility index (Phi) is 6.52. The van der Waals surface area contributed by atoms with Crippen molar-refractivity contribution in [3.8, 4) is 28.7 Å². The highest BCUT2D eigenvalue weighted by Gasteiger charge is 2.23. The lowest BCUT2D eigenvalue weighted by Gasteiger charge is -2.28. The minimum atomic E-state index is 0.252. The van der Waals surface area contributed by atoms with Crippen LogP contribution >= 0.6 is 0 Å². The first-order valence-electron chi connectivity index (χ1n) is 9.42. The van der Waals surface area contributed by atoms with E-state index in [1.165, 1.54) is 11.1 Å². The van der Waals surface area contributed by atoms with Crippen LogP contribution in [0.2, 0.25) is 0 Å². The quantitative estimate of drug-likeness (QED) is 0.748. The highest BCUT2D eigenvalue weighted by atomic mass is 16.5. The molecular weight excluding hydrogens is 358 g/mol. The van der Waals surface area contributed by atoms with Gasteiger partial charge in [-0.2, -0.15) is 0 Å². The van der Waals surface area contributed by atoms with E-state index in [0.717, 1.165) is 42.9 Å². The van der Waals surface area contributed by atoms with Gasteiger partial charge in [-0.1, -0.05) is 0 Å². The summed E-state index contributed by atoms with van der Waals surface area (Å²) in [5.41, 5.74) is 3.73. The average Bonchev–Trinajstić information content (AvgIpc) is 2.75. The molecule has 2 aromatic rings. The second-order valence-corrected chi connectivity index (χ2v) is 6.73. The second kappa shape index (κ2) is 9.06. The fraction of sp³-hybridized carbons (Fsp3) is 0.455. The number of hydrogen-bond donors (Lipinski definition) is 1. The first kappa shape index (κ1) is 20.1. The Morgan fingerprint density at radius 2 is 1.39 bits per heavy atom. The molecule has 0 aliphatic carbocycles. The number of benzene rings is 2. The van der Waals surface area contributed by atoms with Gasteiger partial charge in [-0.25, -0.2) is 0 Å². The Labute approximate surface area is 166 Å². The highest BCUT2D eigenvalue weighted by Crippen LogP contribution is 2.40. The van der Waals surface area contributed by atoms with Gasteiger partial charge in [-0.15, -0.1) is 0 Å². The van der Waals surface area contributed by atoms with Crippen LogP contribution in [0.3, 0.4) is 0 Å². The first-order valence-corrected chi connectivity index (χ1v) is 9.42. The van der Waals surface area contributed by atoms with Gasteiger partial charge in [0.05, 0.1) is 35.5 Å². The van der Waals surface area contributed by atoms with Crippen molar-refractivity contribution in [1.82, 2.24) is 5.32 Å². The van der Waals surface area contributed by atoms with E-state index in [1.54, 1.807) is 35.5 Å². The Bertz CT molecular complexity index is 796. The molecule has 3 rings (SSSR count). The van der Waals surface area contributed by atoms with E-state index >= 15 is 0 Å². The molecular formula is C22H29NO5. The van der Waals surface area contributed by atoms with Crippen LogP contribution in [0.15, 0.2) is 24.3 Å². The summed E-state index contributed by atoms with van der Waals surface area (Å²) >= 11 is 0. The van der Waals surface area contributed by atoms with Crippen molar-refractivity contribution < 1.29 is 23.7 Å². The molecule has 1 N–H and O–H groups in total. The Hall–Kier alpha value is -2.60. The van der Waals surface area contributed by atoms with E-state index in [2.05, 4.69) is 17.4 Å². The molecule has 0 saturated carbocycles. The van der Waals surface area contributed by atoms with Crippen LogP contribution in [0, 0.1) is 0 Å². The van der Waals surface area contributed by atoms with Crippen molar-refractivity contribution in [2.45, 2.75) is 25.3 Å². The molecule has 0 amide bonds. The maximum absolute atomic E-state index is 5.50. The minimum Gasteiger partial charge on any atom is -0.493 e. The molecule has 0 fully saturated rings. The average molecular weight is 387 g/mol. The van der Waals surface area contributed by atoms with Gasteiger partial charge in [0.1, 0.15) is 0 Å². The van der Waals surface area contributed by atoms with Crippen LogP contribution in [-0.4, -0.2) is 42.1 Å². The summed E-state index contributed by atoms with van der Waals surface area (Å²) in [7, 11) is 8.24. The summed E-state index contributed by atoms with van der Waals surface area (Å²) in [5.74, 6) is 3.53. The summed E-state index contributed by atoms with van der Waals surface area (Å²) in [6, 6.07) is 8.48. The summed E-state index contributed by atoms with van der Waals surface area (Å²) in [6.45, 7) is 0.947. The van der Waals surface area contributed by atoms with Gasteiger partial charge >= 0.3 is 0 Å². The molecule has 0 radical (unpaired) electrons. The molecule has 1 aliphatic rings. The third kappa shape index (κ3) is 3.97. The predicted octanol–water partition coefficient (Wildman–Crippen LogP) is 3.55. The zero-order valence-corrected chi connectivity index (χ0v) is 17.3. The van der Waals surface area contributed by atoms with Crippen LogP contribution < -0.4 is 29.0 Å². The fourth-order valence-corrected chi connectivity index (χ4v) is 3.82. The molecule has 152 valence electrons. The molecule has 6 heteroatoms. The van der Waals surface area contributed by atoms with Crippen molar-refractivity contribution in [1.29, 1.82) is 0 Å². The number of fused-ring (bicyclic) bond motifs is 1. The molecule has 0 unspecified atom stereocenters. The standard InChI is InChI=1S/C22H29NO5/c1-24-18-12-15-8-9-23-17(16(15)13-19(18)25-2)7-6-14-10-20(26-3)22(28-5)21(11-14)27-4/h10-13,17,23H,6-9H2,1-5H3/t17-/m0/s1. The van der Waals surface area contributed by atoms with Crippen molar-refractivity contribution in [3.63, 3.8) is 0 Å². The minimum absolute atomic E-state index is 0.252. The zero-order chi connectivity index (χ0) is 20.1. The lowest BCUT2D eigenvalue weighted by molar-refractivity contribution is 0.323. The first-order chi connectivity index (χ1) is 13.6. The third-order valence-corrected chi connectivity index (χ3v) is 5.25. The van der Waals surface area contributed by atoms with Crippen LogP contribution in [0.4, 0.5) is 0 Å². The normalized spacial score (nSPS) is 15.5. The van der Waals surface area contributed by atoms with Gasteiger partial charge < -0.3 is 29.0 Å². The highest BCUT2D eigenvalue weighted by molar-refractivity contribution is 5.54. The van der Waals surface area contributed by atoms with Crippen molar-refractivity contribution in [2.75, 3.05) is 42.1 Å². The Morgan fingerprint density at radius 3 is 1.96 bits per heavy atom. The lowest BCUT2D eigenvalue weighted by atomic mass is 9.90. The van der Waals surface area contributed by atoms with E-state index < -0.39 is 0 Å². The topological polar surface area (TPSA) is 58.2 Å². The van der Waals surface area contributed by atoms with Crippen molar-refractivity contribution in [2.24, 2.45) is 0 Å². The van der Waals surface area contributed by atoms with E-state index in [0.29, 0.717) is 17.2 Å². The van der Waals surface area contributed by atoms with Crippen LogP contribution in [-0.2, 0) is 12.8 Å². The molecule has 0 saturated heterocycles. The van der Waals surface area contributed by atoms with E-state index in [-0.39, 0.29) is 6.04 Å². The molecule has 6 nitrogen and oxygen atoms in total. The van der Waals surface area contributed by atoms with E-state index in [4.69, 9.17) is 23.7 Å². The summed E-state index contributed by atoms with van der Waals surface area (Å²) < 4.78 is 27.3. The summed E-state index contributed by atoms with van der Waals surface area (Å²) in [6.07, 6.45) is 2.81. The van der Waals surface area contributed by atoms with Gasteiger partial charge in [0, 0.05) is 6.04 Å². The predicted molar refractivity (Wildman–Crippen MR) is 108 cm³/mol. The van der Waals surface area contributed by atoms with Gasteiger partial charge in [0.15, 0.2) is 23.0 Å². The van der Waals surface area contributed by atoms with Crippen LogP contribution in [0.5, 0.6) is 28.7 Å². The van der Waals surface area contributed by atoms with Gasteiger partial charge in [0.2, 0.25) is 5.75 Å². The van der Waals surface area contributed by atoms with Gasteiger partial charge in [-0.05, 0) is 66.8 Å². The molecule has 0 bridgehead atoms. The maximum Gasteiger partial charge on any atom is 0.203 e. The van der Waals surface area contributed by atoms with Crippen molar-refractivity contribution in [3.05, 3.63) is 41.0 Å². The molecule has 2 aromatic carbocycles.